The maximum atomic E-state index is 14.3. The van der Waals surface area contributed by atoms with Gasteiger partial charge in [-0.05, 0) is 48.6 Å². The van der Waals surface area contributed by atoms with E-state index in [1.54, 1.807) is 0 Å². The number of nitrogens with one attached hydrogen (secondary N) is 4. The second kappa shape index (κ2) is 12.8. The van der Waals surface area contributed by atoms with Crippen molar-refractivity contribution in [3.05, 3.63) is 71.0 Å². The van der Waals surface area contributed by atoms with E-state index in [-0.39, 0.29) is 43.2 Å². The standard InChI is InChI=1S/C26H27F3N4O4/c27-18-6-1-15(2-7-18)14-31-25(36)22(10-9-20(34)13-30)32-26(37)23(33-24(35)16-3-4-16)11-17-5-8-19(28)12-21(17)29/h1-2,5-8,12-13,16,22-23,30H,3-4,9-11,14H2,(H,31,36)(H,32,37)(H,33,35)/t22-,23-/m0/s1. The van der Waals surface area contributed by atoms with E-state index in [1.807, 2.05) is 0 Å². The minimum atomic E-state index is -1.26. The predicted octanol–water partition coefficient (Wildman–Crippen LogP) is 2.34. The van der Waals surface area contributed by atoms with Gasteiger partial charge in [0.15, 0.2) is 5.78 Å². The highest BCUT2D eigenvalue weighted by molar-refractivity contribution is 6.26. The number of halogens is 3. The summed E-state index contributed by atoms with van der Waals surface area (Å²) in [5.74, 6) is -4.76. The van der Waals surface area contributed by atoms with Crippen LogP contribution in [0.1, 0.15) is 36.8 Å². The molecule has 1 aliphatic rings. The minimum absolute atomic E-state index is 0.00561. The number of hydrogen-bond donors (Lipinski definition) is 4. The van der Waals surface area contributed by atoms with Crippen molar-refractivity contribution in [1.29, 1.82) is 5.41 Å². The summed E-state index contributed by atoms with van der Waals surface area (Å²) in [6.07, 6.45) is 1.29. The zero-order valence-corrected chi connectivity index (χ0v) is 19.9. The normalized spacial score (nSPS) is 14.2. The Morgan fingerprint density at radius 1 is 0.919 bits per heavy atom. The number of hydrogen-bond acceptors (Lipinski definition) is 5. The van der Waals surface area contributed by atoms with Gasteiger partial charge in [0.05, 0.1) is 6.21 Å². The van der Waals surface area contributed by atoms with Crippen LogP contribution in [0.4, 0.5) is 13.2 Å². The van der Waals surface area contributed by atoms with Crippen molar-refractivity contribution in [2.24, 2.45) is 5.92 Å². The summed E-state index contributed by atoms with van der Waals surface area (Å²) in [6, 6.07) is 5.80. The van der Waals surface area contributed by atoms with Gasteiger partial charge in [-0.15, -0.1) is 0 Å². The van der Waals surface area contributed by atoms with E-state index in [0.29, 0.717) is 30.7 Å². The Morgan fingerprint density at radius 2 is 1.59 bits per heavy atom. The molecule has 0 bridgehead atoms. The Kier molecular flexibility index (Phi) is 9.53. The molecular weight excluding hydrogens is 489 g/mol. The molecule has 0 heterocycles. The summed E-state index contributed by atoms with van der Waals surface area (Å²) in [5.41, 5.74) is 0.589. The molecule has 4 N–H and O–H groups in total. The van der Waals surface area contributed by atoms with E-state index >= 15 is 0 Å². The molecule has 0 unspecified atom stereocenters. The van der Waals surface area contributed by atoms with E-state index in [4.69, 9.17) is 5.41 Å². The molecule has 1 aliphatic carbocycles. The summed E-state index contributed by atoms with van der Waals surface area (Å²) in [4.78, 5) is 50.1. The third kappa shape index (κ3) is 8.55. The molecule has 37 heavy (non-hydrogen) atoms. The smallest absolute Gasteiger partial charge is 0.243 e. The SMILES string of the molecule is N=CC(=O)CC[C@H](NC(=O)[C@H](Cc1ccc(F)cc1F)NC(=O)C1CC1)C(=O)NCc1ccc(F)cc1. The molecule has 2 aromatic carbocycles. The first-order chi connectivity index (χ1) is 17.7. The maximum Gasteiger partial charge on any atom is 0.243 e. The average molecular weight is 517 g/mol. The van der Waals surface area contributed by atoms with Crippen molar-refractivity contribution in [1.82, 2.24) is 16.0 Å². The monoisotopic (exact) mass is 516 g/mol. The molecule has 196 valence electrons. The van der Waals surface area contributed by atoms with E-state index in [9.17, 15) is 32.3 Å². The number of carbonyl (C=O) groups is 4. The fraction of sp³-hybridized carbons (Fsp3) is 0.346. The van der Waals surface area contributed by atoms with Gasteiger partial charge in [-0.25, -0.2) is 13.2 Å². The van der Waals surface area contributed by atoms with Crippen LogP contribution in [0.5, 0.6) is 0 Å². The molecule has 3 amide bonds. The first-order valence-electron chi connectivity index (χ1n) is 11.8. The minimum Gasteiger partial charge on any atom is -0.350 e. The molecular formula is C26H27F3N4O4. The van der Waals surface area contributed by atoms with Crippen molar-refractivity contribution in [3.63, 3.8) is 0 Å². The third-order valence-corrected chi connectivity index (χ3v) is 5.87. The van der Waals surface area contributed by atoms with Crippen LogP contribution < -0.4 is 16.0 Å². The summed E-state index contributed by atoms with van der Waals surface area (Å²) in [7, 11) is 0. The first-order valence-corrected chi connectivity index (χ1v) is 11.8. The van der Waals surface area contributed by atoms with Crippen LogP contribution in [0.25, 0.3) is 0 Å². The van der Waals surface area contributed by atoms with Gasteiger partial charge >= 0.3 is 0 Å². The summed E-state index contributed by atoms with van der Waals surface area (Å²) >= 11 is 0. The average Bonchev–Trinajstić information content (AvgIpc) is 3.72. The lowest BCUT2D eigenvalue weighted by atomic mass is 10.0. The van der Waals surface area contributed by atoms with Crippen LogP contribution in [0.3, 0.4) is 0 Å². The second-order valence-electron chi connectivity index (χ2n) is 8.83. The molecule has 2 aromatic rings. The quantitative estimate of drug-likeness (QED) is 0.305. The Hall–Kier alpha value is -4.02. The Labute approximate surface area is 211 Å². The van der Waals surface area contributed by atoms with Gasteiger partial charge in [0, 0.05) is 31.4 Å². The summed E-state index contributed by atoms with van der Waals surface area (Å²) in [5, 5.41) is 14.7. The number of ketones is 1. The highest BCUT2D eigenvalue weighted by Gasteiger charge is 2.34. The van der Waals surface area contributed by atoms with Gasteiger partial charge in [0.25, 0.3) is 0 Å². The maximum absolute atomic E-state index is 14.3. The molecule has 2 atom stereocenters. The van der Waals surface area contributed by atoms with Gasteiger partial charge in [-0.3, -0.25) is 19.2 Å². The number of rotatable bonds is 13. The molecule has 11 heteroatoms. The lowest BCUT2D eigenvalue weighted by molar-refractivity contribution is -0.132. The van der Waals surface area contributed by atoms with Gasteiger partial charge in [-0.2, -0.15) is 0 Å². The fourth-order valence-corrected chi connectivity index (χ4v) is 3.57. The third-order valence-electron chi connectivity index (χ3n) is 5.87. The number of benzene rings is 2. The fourth-order valence-electron chi connectivity index (χ4n) is 3.57. The van der Waals surface area contributed by atoms with Gasteiger partial charge in [0.2, 0.25) is 17.7 Å². The molecule has 0 radical (unpaired) electrons. The van der Waals surface area contributed by atoms with Crippen LogP contribution in [0, 0.1) is 28.8 Å². The largest absolute Gasteiger partial charge is 0.350 e. The zero-order chi connectivity index (χ0) is 26.9. The van der Waals surface area contributed by atoms with Gasteiger partial charge in [0.1, 0.15) is 29.5 Å². The Bertz CT molecular complexity index is 1170. The molecule has 0 aliphatic heterocycles. The predicted molar refractivity (Wildman–Crippen MR) is 128 cm³/mol. The Morgan fingerprint density at radius 3 is 2.22 bits per heavy atom. The van der Waals surface area contributed by atoms with Crippen LogP contribution in [0.15, 0.2) is 42.5 Å². The van der Waals surface area contributed by atoms with E-state index in [2.05, 4.69) is 16.0 Å². The lowest BCUT2D eigenvalue weighted by Gasteiger charge is -2.23. The molecule has 3 rings (SSSR count). The highest BCUT2D eigenvalue weighted by Crippen LogP contribution is 2.29. The number of amides is 3. The number of carbonyl (C=O) groups excluding carboxylic acids is 4. The summed E-state index contributed by atoms with van der Waals surface area (Å²) in [6.45, 7) is 0.0205. The lowest BCUT2D eigenvalue weighted by Crippen LogP contribution is -2.54. The topological polar surface area (TPSA) is 128 Å². The van der Waals surface area contributed by atoms with Gasteiger partial charge < -0.3 is 21.4 Å². The second-order valence-corrected chi connectivity index (χ2v) is 8.83. The molecule has 8 nitrogen and oxygen atoms in total. The Balaban J connectivity index is 1.74. The van der Waals surface area contributed by atoms with Crippen molar-refractivity contribution < 1.29 is 32.3 Å². The van der Waals surface area contributed by atoms with E-state index in [0.717, 1.165) is 6.07 Å². The van der Waals surface area contributed by atoms with Crippen LogP contribution in [-0.4, -0.2) is 41.8 Å². The van der Waals surface area contributed by atoms with Crippen molar-refractivity contribution >= 4 is 29.7 Å². The van der Waals surface area contributed by atoms with E-state index < -0.39 is 47.1 Å². The summed E-state index contributed by atoms with van der Waals surface area (Å²) < 4.78 is 40.7. The van der Waals surface area contributed by atoms with Crippen molar-refractivity contribution in [3.8, 4) is 0 Å². The van der Waals surface area contributed by atoms with Crippen LogP contribution >= 0.6 is 0 Å². The molecule has 0 aromatic heterocycles. The molecule has 0 spiro atoms. The van der Waals surface area contributed by atoms with Crippen molar-refractivity contribution in [2.45, 2.75) is 50.7 Å². The first kappa shape index (κ1) is 27.6. The van der Waals surface area contributed by atoms with Crippen LogP contribution in [-0.2, 0) is 32.1 Å². The van der Waals surface area contributed by atoms with Crippen LogP contribution in [0.2, 0.25) is 0 Å². The van der Waals surface area contributed by atoms with Crippen molar-refractivity contribution in [2.75, 3.05) is 0 Å². The number of Topliss-reactive ketones (excluding diaryl/α,β-unsaturated/α-hetero) is 1. The molecule has 1 fully saturated rings. The van der Waals surface area contributed by atoms with E-state index in [1.165, 1.54) is 30.3 Å². The molecule has 1 saturated carbocycles. The zero-order valence-electron chi connectivity index (χ0n) is 19.9. The van der Waals surface area contributed by atoms with Gasteiger partial charge in [-0.1, -0.05) is 18.2 Å². The highest BCUT2D eigenvalue weighted by atomic mass is 19.1. The molecule has 0 saturated heterocycles.